The van der Waals surface area contributed by atoms with Crippen molar-refractivity contribution in [2.75, 3.05) is 11.9 Å². The molecule has 1 amide bonds. The zero-order chi connectivity index (χ0) is 21.0. The van der Waals surface area contributed by atoms with Gasteiger partial charge in [-0.1, -0.05) is 11.6 Å². The molecule has 0 bridgehead atoms. The molecule has 0 radical (unpaired) electrons. The van der Waals surface area contributed by atoms with Crippen LogP contribution in [-0.4, -0.2) is 24.6 Å². The van der Waals surface area contributed by atoms with Crippen LogP contribution in [0.4, 0.5) is 5.69 Å². The Morgan fingerprint density at radius 3 is 2.55 bits per heavy atom. The third kappa shape index (κ3) is 4.94. The van der Waals surface area contributed by atoms with Gasteiger partial charge in [-0.2, -0.15) is 0 Å². The van der Waals surface area contributed by atoms with E-state index in [0.717, 1.165) is 6.07 Å². The van der Waals surface area contributed by atoms with Gasteiger partial charge in [-0.15, -0.1) is 0 Å². The normalized spacial score (nSPS) is 11.7. The number of ether oxygens (including phenoxy) is 2. The summed E-state index contributed by atoms with van der Waals surface area (Å²) in [6, 6.07) is 12.3. The number of carbonyl (C=O) groups is 2. The average molecular weight is 416 g/mol. The summed E-state index contributed by atoms with van der Waals surface area (Å²) in [5, 5.41) is 3.26. The van der Waals surface area contributed by atoms with Crippen LogP contribution < -0.4 is 15.5 Å². The van der Waals surface area contributed by atoms with E-state index in [1.54, 1.807) is 24.3 Å². The summed E-state index contributed by atoms with van der Waals surface area (Å²) in [6.45, 7) is 3.83. The van der Waals surface area contributed by atoms with Crippen molar-refractivity contribution >= 4 is 40.1 Å². The Morgan fingerprint density at radius 1 is 1.14 bits per heavy atom. The number of fused-ring (bicyclic) bond motifs is 1. The minimum Gasteiger partial charge on any atom is -0.494 e. The molecule has 0 aliphatic heterocycles. The van der Waals surface area contributed by atoms with Crippen molar-refractivity contribution in [1.29, 1.82) is 0 Å². The fourth-order valence-corrected chi connectivity index (χ4v) is 2.72. The summed E-state index contributed by atoms with van der Waals surface area (Å²) >= 11 is 5.86. The number of halogens is 1. The predicted molar refractivity (Wildman–Crippen MR) is 109 cm³/mol. The van der Waals surface area contributed by atoms with E-state index in [1.807, 2.05) is 6.92 Å². The Bertz CT molecular complexity index is 1110. The Labute approximate surface area is 171 Å². The van der Waals surface area contributed by atoms with Gasteiger partial charge in [0.1, 0.15) is 11.3 Å². The van der Waals surface area contributed by atoms with Gasteiger partial charge in [0.15, 0.2) is 11.5 Å². The number of amides is 1. The van der Waals surface area contributed by atoms with Crippen LogP contribution in [0.2, 0.25) is 5.02 Å². The lowest BCUT2D eigenvalue weighted by Gasteiger charge is -2.13. The SMILES string of the molecule is CCOc1ccc(NC(=O)[C@H](C)OC(=O)c2cc(=O)c3cc(Cl)ccc3o2)cc1. The molecule has 2 aromatic carbocycles. The summed E-state index contributed by atoms with van der Waals surface area (Å²) < 4.78 is 15.9. The lowest BCUT2D eigenvalue weighted by molar-refractivity contribution is -0.123. The molecule has 0 spiro atoms. The Hall–Kier alpha value is -3.32. The molecule has 0 saturated heterocycles. The Morgan fingerprint density at radius 2 is 1.86 bits per heavy atom. The van der Waals surface area contributed by atoms with E-state index in [-0.39, 0.29) is 16.7 Å². The molecule has 7 nitrogen and oxygen atoms in total. The second-order valence-electron chi connectivity index (χ2n) is 6.11. The molecule has 8 heteroatoms. The van der Waals surface area contributed by atoms with Crippen LogP contribution in [0.3, 0.4) is 0 Å². The summed E-state index contributed by atoms with van der Waals surface area (Å²) in [5.41, 5.74) is 0.281. The second-order valence-corrected chi connectivity index (χ2v) is 6.55. The van der Waals surface area contributed by atoms with Crippen LogP contribution in [0.5, 0.6) is 5.75 Å². The van der Waals surface area contributed by atoms with Crippen molar-refractivity contribution in [3.05, 3.63) is 69.5 Å². The zero-order valence-corrected chi connectivity index (χ0v) is 16.5. The van der Waals surface area contributed by atoms with Crippen LogP contribution in [-0.2, 0) is 9.53 Å². The molecule has 1 atom stereocenters. The lowest BCUT2D eigenvalue weighted by Crippen LogP contribution is -2.30. The van der Waals surface area contributed by atoms with Crippen molar-refractivity contribution in [3.63, 3.8) is 0 Å². The zero-order valence-electron chi connectivity index (χ0n) is 15.7. The highest BCUT2D eigenvalue weighted by Crippen LogP contribution is 2.19. The first-order valence-electron chi connectivity index (χ1n) is 8.85. The molecule has 0 aliphatic carbocycles. The van der Waals surface area contributed by atoms with E-state index in [4.69, 9.17) is 25.5 Å². The molecule has 150 valence electrons. The molecule has 3 aromatic rings. The number of benzene rings is 2. The minimum absolute atomic E-state index is 0.195. The molecule has 1 N–H and O–H groups in total. The highest BCUT2D eigenvalue weighted by molar-refractivity contribution is 6.31. The summed E-state index contributed by atoms with van der Waals surface area (Å²) in [4.78, 5) is 36.8. The molecule has 3 rings (SSSR count). The number of carbonyl (C=O) groups excluding carboxylic acids is 2. The first kappa shape index (κ1) is 20.4. The minimum atomic E-state index is -1.11. The van der Waals surface area contributed by atoms with Crippen molar-refractivity contribution in [2.45, 2.75) is 20.0 Å². The molecule has 1 heterocycles. The van der Waals surface area contributed by atoms with Crippen LogP contribution in [0, 0.1) is 0 Å². The number of nitrogens with one attached hydrogen (secondary N) is 1. The van der Waals surface area contributed by atoms with Crippen molar-refractivity contribution in [2.24, 2.45) is 0 Å². The maximum Gasteiger partial charge on any atom is 0.375 e. The molecule has 0 aliphatic rings. The van der Waals surface area contributed by atoms with E-state index in [2.05, 4.69) is 5.32 Å². The van der Waals surface area contributed by atoms with Gasteiger partial charge >= 0.3 is 5.97 Å². The van der Waals surface area contributed by atoms with E-state index in [1.165, 1.54) is 25.1 Å². The third-order valence-electron chi connectivity index (χ3n) is 3.98. The van der Waals surface area contributed by atoms with Gasteiger partial charge in [0.2, 0.25) is 5.76 Å². The number of rotatable bonds is 6. The van der Waals surface area contributed by atoms with E-state index in [0.29, 0.717) is 23.1 Å². The molecule has 29 heavy (non-hydrogen) atoms. The fraction of sp³-hybridized carbons (Fsp3) is 0.190. The first-order chi connectivity index (χ1) is 13.9. The number of anilines is 1. The van der Waals surface area contributed by atoms with Crippen LogP contribution in [0.15, 0.2) is 57.7 Å². The fourth-order valence-electron chi connectivity index (χ4n) is 2.55. The number of hydrogen-bond donors (Lipinski definition) is 1. The van der Waals surface area contributed by atoms with Crippen LogP contribution in [0.25, 0.3) is 11.0 Å². The number of hydrogen-bond acceptors (Lipinski definition) is 6. The quantitative estimate of drug-likeness (QED) is 0.611. The van der Waals surface area contributed by atoms with Crippen molar-refractivity contribution in [3.8, 4) is 5.75 Å². The molecule has 0 unspecified atom stereocenters. The van der Waals surface area contributed by atoms with E-state index >= 15 is 0 Å². The van der Waals surface area contributed by atoms with Crippen molar-refractivity contribution in [1.82, 2.24) is 0 Å². The first-order valence-corrected chi connectivity index (χ1v) is 9.23. The Balaban J connectivity index is 1.68. The van der Waals surface area contributed by atoms with Crippen LogP contribution >= 0.6 is 11.6 Å². The Kier molecular flexibility index (Phi) is 6.19. The lowest BCUT2D eigenvalue weighted by atomic mass is 10.2. The smallest absolute Gasteiger partial charge is 0.375 e. The topological polar surface area (TPSA) is 94.8 Å². The monoisotopic (exact) mass is 415 g/mol. The summed E-state index contributed by atoms with van der Waals surface area (Å²) in [5.74, 6) is -1.08. The van der Waals surface area contributed by atoms with Gasteiger partial charge in [-0.25, -0.2) is 4.79 Å². The molecule has 0 fully saturated rings. The van der Waals surface area contributed by atoms with Crippen LogP contribution in [0.1, 0.15) is 24.4 Å². The van der Waals surface area contributed by atoms with Gasteiger partial charge in [-0.3, -0.25) is 9.59 Å². The third-order valence-corrected chi connectivity index (χ3v) is 4.21. The average Bonchev–Trinajstić information content (AvgIpc) is 2.70. The molecular weight excluding hydrogens is 398 g/mol. The largest absolute Gasteiger partial charge is 0.494 e. The molecule has 0 saturated carbocycles. The van der Waals surface area contributed by atoms with Gasteiger partial charge in [0.25, 0.3) is 5.91 Å². The van der Waals surface area contributed by atoms with Gasteiger partial charge < -0.3 is 19.2 Å². The van der Waals surface area contributed by atoms with E-state index in [9.17, 15) is 14.4 Å². The van der Waals surface area contributed by atoms with E-state index < -0.39 is 23.4 Å². The maximum absolute atomic E-state index is 12.3. The summed E-state index contributed by atoms with van der Waals surface area (Å²) in [6.07, 6.45) is -1.11. The molecule has 1 aromatic heterocycles. The van der Waals surface area contributed by atoms with Crippen molar-refractivity contribution < 1.29 is 23.5 Å². The predicted octanol–water partition coefficient (Wildman–Crippen LogP) is 4.03. The van der Waals surface area contributed by atoms with Gasteiger partial charge in [0, 0.05) is 16.8 Å². The summed E-state index contributed by atoms with van der Waals surface area (Å²) in [7, 11) is 0. The van der Waals surface area contributed by atoms with Gasteiger partial charge in [0.05, 0.1) is 12.0 Å². The second kappa shape index (κ2) is 8.79. The molecular formula is C21H18ClNO6. The number of esters is 1. The highest BCUT2D eigenvalue weighted by atomic mass is 35.5. The van der Waals surface area contributed by atoms with Gasteiger partial charge in [-0.05, 0) is 56.3 Å². The highest BCUT2D eigenvalue weighted by Gasteiger charge is 2.21. The maximum atomic E-state index is 12.3. The standard InChI is InChI=1S/C21H18ClNO6/c1-3-27-15-7-5-14(6-8-15)23-20(25)12(2)28-21(26)19-11-17(24)16-10-13(22)4-9-18(16)29-19/h4-12H,3H2,1-2H3,(H,23,25)/t12-/m0/s1.